The first-order chi connectivity index (χ1) is 17.8. The number of aromatic nitrogens is 2. The summed E-state index contributed by atoms with van der Waals surface area (Å²) in [6.45, 7) is 1.88. The number of pyridine rings is 2. The second-order valence-corrected chi connectivity index (χ2v) is 10.1. The molecule has 186 valence electrons. The van der Waals surface area contributed by atoms with Crippen molar-refractivity contribution in [2.24, 2.45) is 4.99 Å². The SMILES string of the molecule is CCC1(O)CC(=O)OCc2c1cc1n(c2=O)Cc2c-1nc1ccccc1c2C=Nc1ccc(Cl)c(Cl)c1. The second kappa shape index (κ2) is 8.80. The molecule has 0 aliphatic carbocycles. The molecule has 2 aliphatic heterocycles. The summed E-state index contributed by atoms with van der Waals surface area (Å²) in [7, 11) is 0. The lowest BCUT2D eigenvalue weighted by molar-refractivity contribution is -0.149. The molecule has 0 saturated heterocycles. The molecule has 4 aromatic rings. The molecule has 0 bridgehead atoms. The molecule has 1 unspecified atom stereocenters. The summed E-state index contributed by atoms with van der Waals surface area (Å²) >= 11 is 12.2. The Hall–Kier alpha value is -3.52. The van der Waals surface area contributed by atoms with Gasteiger partial charge in [0.15, 0.2) is 0 Å². The van der Waals surface area contributed by atoms with E-state index in [4.69, 9.17) is 32.9 Å². The third kappa shape index (κ3) is 3.85. The number of nitrogens with zero attached hydrogens (tertiary/aromatic N) is 3. The number of carbonyl (C=O) groups excluding carboxylic acids is 1. The van der Waals surface area contributed by atoms with Gasteiger partial charge in [-0.1, -0.05) is 48.3 Å². The first-order valence-electron chi connectivity index (χ1n) is 11.9. The van der Waals surface area contributed by atoms with Crippen LogP contribution in [0.1, 0.15) is 42.0 Å². The fourth-order valence-corrected chi connectivity index (χ4v) is 5.40. The zero-order chi connectivity index (χ0) is 25.9. The van der Waals surface area contributed by atoms with Crippen LogP contribution < -0.4 is 5.56 Å². The highest BCUT2D eigenvalue weighted by atomic mass is 35.5. The number of carbonyl (C=O) groups is 1. The van der Waals surface area contributed by atoms with Crippen molar-refractivity contribution in [3.8, 4) is 11.4 Å². The summed E-state index contributed by atoms with van der Waals surface area (Å²) in [6.07, 6.45) is 1.81. The van der Waals surface area contributed by atoms with E-state index >= 15 is 0 Å². The maximum absolute atomic E-state index is 13.7. The molecule has 9 heteroatoms. The van der Waals surface area contributed by atoms with Gasteiger partial charge in [0.05, 0.1) is 51.2 Å². The Morgan fingerprint density at radius 2 is 1.95 bits per heavy atom. The number of hydrogen-bond donors (Lipinski definition) is 1. The van der Waals surface area contributed by atoms with E-state index in [1.165, 1.54) is 0 Å². The number of esters is 1. The molecule has 2 aliphatic rings. The van der Waals surface area contributed by atoms with Gasteiger partial charge in [0.2, 0.25) is 0 Å². The predicted molar refractivity (Wildman–Crippen MR) is 143 cm³/mol. The molecule has 6 rings (SSSR count). The van der Waals surface area contributed by atoms with Gasteiger partial charge >= 0.3 is 5.97 Å². The van der Waals surface area contributed by atoms with Gasteiger partial charge < -0.3 is 14.4 Å². The summed E-state index contributed by atoms with van der Waals surface area (Å²) in [6, 6.07) is 14.6. The number of rotatable bonds is 3. The smallest absolute Gasteiger partial charge is 0.309 e. The number of benzene rings is 2. The number of aliphatic hydroxyl groups is 1. The van der Waals surface area contributed by atoms with Crippen LogP contribution in [0.2, 0.25) is 10.0 Å². The van der Waals surface area contributed by atoms with Crippen molar-refractivity contribution in [3.63, 3.8) is 0 Å². The van der Waals surface area contributed by atoms with E-state index in [-0.39, 0.29) is 31.6 Å². The van der Waals surface area contributed by atoms with Gasteiger partial charge in [0, 0.05) is 22.7 Å². The number of para-hydroxylation sites is 1. The average Bonchev–Trinajstić information content (AvgIpc) is 3.19. The first-order valence-corrected chi connectivity index (χ1v) is 12.6. The number of ether oxygens (including phenoxy) is 1. The molecule has 0 radical (unpaired) electrons. The minimum absolute atomic E-state index is 0.174. The third-order valence-electron chi connectivity index (χ3n) is 7.14. The van der Waals surface area contributed by atoms with Crippen molar-refractivity contribution in [2.75, 3.05) is 0 Å². The van der Waals surface area contributed by atoms with Gasteiger partial charge in [0.1, 0.15) is 12.2 Å². The summed E-state index contributed by atoms with van der Waals surface area (Å²) in [5.74, 6) is -0.532. The zero-order valence-corrected chi connectivity index (χ0v) is 21.3. The van der Waals surface area contributed by atoms with Crippen molar-refractivity contribution in [3.05, 3.63) is 91.2 Å². The molecule has 2 aromatic heterocycles. The van der Waals surface area contributed by atoms with E-state index in [1.54, 1.807) is 42.0 Å². The lowest BCUT2D eigenvalue weighted by atomic mass is 9.85. The molecule has 0 saturated carbocycles. The minimum atomic E-state index is -1.49. The highest BCUT2D eigenvalue weighted by molar-refractivity contribution is 6.42. The second-order valence-electron chi connectivity index (χ2n) is 9.26. The minimum Gasteiger partial charge on any atom is -0.460 e. The maximum Gasteiger partial charge on any atom is 0.309 e. The molecule has 4 heterocycles. The van der Waals surface area contributed by atoms with Crippen LogP contribution in [0.15, 0.2) is 58.3 Å². The molecular formula is C28H21Cl2N3O4. The summed E-state index contributed by atoms with van der Waals surface area (Å²) in [5, 5.41) is 13.1. The molecule has 7 nitrogen and oxygen atoms in total. The van der Waals surface area contributed by atoms with Crippen molar-refractivity contribution < 1.29 is 14.6 Å². The highest BCUT2D eigenvalue weighted by Crippen LogP contribution is 2.40. The Labute approximate surface area is 222 Å². The molecule has 0 amide bonds. The van der Waals surface area contributed by atoms with Gasteiger partial charge in [-0.05, 0) is 42.3 Å². The standard InChI is InChI=1S/C28H21Cl2N3O4/c1-2-28(36)11-25(34)37-14-19-20(28)10-24-26-18(13-33(24)27(19)35)17(16-5-3-4-6-23(16)32-26)12-31-15-7-8-21(29)22(30)9-15/h3-10,12,36H,2,11,13-14H2,1H3. The Bertz CT molecular complexity index is 1710. The first kappa shape index (κ1) is 23.9. The zero-order valence-electron chi connectivity index (χ0n) is 19.8. The normalized spacial score (nSPS) is 18.4. The number of cyclic esters (lactones) is 1. The van der Waals surface area contributed by atoms with Crippen LogP contribution in [0.25, 0.3) is 22.3 Å². The Morgan fingerprint density at radius 3 is 2.73 bits per heavy atom. The van der Waals surface area contributed by atoms with Crippen LogP contribution in [-0.2, 0) is 28.3 Å². The van der Waals surface area contributed by atoms with E-state index in [1.807, 2.05) is 24.3 Å². The van der Waals surface area contributed by atoms with Crippen molar-refractivity contribution in [1.82, 2.24) is 9.55 Å². The van der Waals surface area contributed by atoms with Crippen molar-refractivity contribution in [1.29, 1.82) is 0 Å². The molecule has 1 atom stereocenters. The van der Waals surface area contributed by atoms with E-state index < -0.39 is 11.6 Å². The number of halogens is 2. The van der Waals surface area contributed by atoms with Crippen LogP contribution >= 0.6 is 23.2 Å². The fraction of sp³-hybridized carbons (Fsp3) is 0.214. The summed E-state index contributed by atoms with van der Waals surface area (Å²) in [5.41, 5.74) is 3.22. The Morgan fingerprint density at radius 1 is 1.14 bits per heavy atom. The van der Waals surface area contributed by atoms with Gasteiger partial charge in [-0.15, -0.1) is 0 Å². The van der Waals surface area contributed by atoms with Crippen LogP contribution in [0.5, 0.6) is 0 Å². The van der Waals surface area contributed by atoms with Crippen LogP contribution in [0, 0.1) is 0 Å². The average molecular weight is 534 g/mol. The summed E-state index contributed by atoms with van der Waals surface area (Å²) < 4.78 is 6.89. The number of fused-ring (bicyclic) bond motifs is 5. The molecule has 2 aromatic carbocycles. The molecule has 1 N–H and O–H groups in total. The fourth-order valence-electron chi connectivity index (χ4n) is 5.11. The number of aliphatic imine (C=N–C) groups is 1. The molecular weight excluding hydrogens is 513 g/mol. The van der Waals surface area contributed by atoms with E-state index in [2.05, 4.69) is 4.99 Å². The van der Waals surface area contributed by atoms with Gasteiger partial charge in [-0.25, -0.2) is 4.98 Å². The van der Waals surface area contributed by atoms with Gasteiger partial charge in [0.25, 0.3) is 5.56 Å². The van der Waals surface area contributed by atoms with Gasteiger partial charge in [-0.3, -0.25) is 14.6 Å². The monoisotopic (exact) mass is 533 g/mol. The summed E-state index contributed by atoms with van der Waals surface area (Å²) in [4.78, 5) is 35.4. The Balaban J connectivity index is 1.57. The molecule has 0 fully saturated rings. The largest absolute Gasteiger partial charge is 0.460 e. The van der Waals surface area contributed by atoms with Crippen LogP contribution in [-0.4, -0.2) is 26.8 Å². The Kier molecular flexibility index (Phi) is 5.67. The van der Waals surface area contributed by atoms with Crippen LogP contribution in [0.3, 0.4) is 0 Å². The van der Waals surface area contributed by atoms with E-state index in [0.717, 1.165) is 22.0 Å². The van der Waals surface area contributed by atoms with Crippen molar-refractivity contribution in [2.45, 2.75) is 38.5 Å². The van der Waals surface area contributed by atoms with Crippen LogP contribution in [0.4, 0.5) is 5.69 Å². The van der Waals surface area contributed by atoms with E-state index in [0.29, 0.717) is 38.2 Å². The lowest BCUT2D eigenvalue weighted by Gasteiger charge is -2.26. The van der Waals surface area contributed by atoms with E-state index in [9.17, 15) is 14.7 Å². The van der Waals surface area contributed by atoms with Crippen molar-refractivity contribution >= 4 is 52.0 Å². The lowest BCUT2D eigenvalue weighted by Crippen LogP contribution is -2.32. The highest BCUT2D eigenvalue weighted by Gasteiger charge is 2.39. The maximum atomic E-state index is 13.7. The molecule has 37 heavy (non-hydrogen) atoms. The third-order valence-corrected chi connectivity index (χ3v) is 7.88. The predicted octanol–water partition coefficient (Wildman–Crippen LogP) is 5.53. The molecule has 0 spiro atoms. The van der Waals surface area contributed by atoms with Gasteiger partial charge in [-0.2, -0.15) is 0 Å². The quantitative estimate of drug-likeness (QED) is 0.243. The topological polar surface area (TPSA) is 93.8 Å². The number of hydrogen-bond acceptors (Lipinski definition) is 6.